The quantitative estimate of drug-likeness (QED) is 0.373. The van der Waals surface area contributed by atoms with Crippen molar-refractivity contribution in [2.75, 3.05) is 11.9 Å². The second kappa shape index (κ2) is 6.83. The Hall–Kier alpha value is -1.72. The summed E-state index contributed by atoms with van der Waals surface area (Å²) in [6, 6.07) is 13.3. The molecule has 0 atom stereocenters. The van der Waals surface area contributed by atoms with Gasteiger partial charge in [0, 0.05) is 34.3 Å². The number of benzene rings is 2. The van der Waals surface area contributed by atoms with Crippen molar-refractivity contribution >= 4 is 39.1 Å². The van der Waals surface area contributed by atoms with Crippen LogP contribution in [-0.4, -0.2) is 18.1 Å². The van der Waals surface area contributed by atoms with Gasteiger partial charge in [0.25, 0.3) is 0 Å². The first-order valence-electron chi connectivity index (χ1n) is 6.24. The molecule has 0 unspecified atom stereocenters. The smallest absolute Gasteiger partial charge is 0.172 e. The van der Waals surface area contributed by atoms with E-state index in [0.29, 0.717) is 17.1 Å². The van der Waals surface area contributed by atoms with Crippen LogP contribution in [0.1, 0.15) is 11.1 Å². The lowest BCUT2D eigenvalue weighted by Gasteiger charge is -2.22. The van der Waals surface area contributed by atoms with Crippen molar-refractivity contribution in [1.29, 1.82) is 0 Å². The molecule has 0 bridgehead atoms. The fraction of sp³-hybridized carbons (Fsp3) is 0.133. The van der Waals surface area contributed by atoms with Gasteiger partial charge < -0.3 is 15.8 Å². The predicted octanol–water partition coefficient (Wildman–Crippen LogP) is 3.83. The van der Waals surface area contributed by atoms with E-state index in [2.05, 4.69) is 21.1 Å². The minimum absolute atomic E-state index is 0.0791. The maximum absolute atomic E-state index is 8.91. The van der Waals surface area contributed by atoms with Crippen LogP contribution in [0, 0.1) is 0 Å². The van der Waals surface area contributed by atoms with Gasteiger partial charge in [-0.1, -0.05) is 44.8 Å². The van der Waals surface area contributed by atoms with E-state index >= 15 is 0 Å². The van der Waals surface area contributed by atoms with Crippen molar-refractivity contribution in [1.82, 2.24) is 0 Å². The van der Waals surface area contributed by atoms with Crippen LogP contribution >= 0.6 is 27.5 Å². The summed E-state index contributed by atoms with van der Waals surface area (Å²) in [7, 11) is 1.94. The third-order valence-electron chi connectivity index (χ3n) is 3.06. The number of anilines is 1. The van der Waals surface area contributed by atoms with Crippen LogP contribution in [0.2, 0.25) is 5.02 Å². The van der Waals surface area contributed by atoms with Crippen LogP contribution in [0.25, 0.3) is 0 Å². The zero-order valence-corrected chi connectivity index (χ0v) is 13.8. The third-order valence-corrected chi connectivity index (χ3v) is 3.79. The highest BCUT2D eigenvalue weighted by Crippen LogP contribution is 2.26. The van der Waals surface area contributed by atoms with Crippen molar-refractivity contribution in [3.05, 3.63) is 63.1 Å². The number of nitrogens with two attached hydrogens (primary N) is 1. The zero-order valence-electron chi connectivity index (χ0n) is 11.4. The summed E-state index contributed by atoms with van der Waals surface area (Å²) < 4.78 is 0.921. The molecule has 2 aromatic rings. The molecule has 6 heteroatoms. The molecule has 0 aliphatic heterocycles. The van der Waals surface area contributed by atoms with E-state index in [9.17, 15) is 0 Å². The fourth-order valence-electron chi connectivity index (χ4n) is 2.09. The molecule has 0 aliphatic rings. The van der Waals surface area contributed by atoms with Gasteiger partial charge in [0.15, 0.2) is 5.84 Å². The first-order chi connectivity index (χ1) is 10.0. The van der Waals surface area contributed by atoms with Crippen molar-refractivity contribution in [3.63, 3.8) is 0 Å². The van der Waals surface area contributed by atoms with Gasteiger partial charge in [-0.05, 0) is 35.9 Å². The van der Waals surface area contributed by atoms with E-state index < -0.39 is 0 Å². The van der Waals surface area contributed by atoms with Gasteiger partial charge >= 0.3 is 0 Å². The van der Waals surface area contributed by atoms with Crippen molar-refractivity contribution in [2.45, 2.75) is 6.54 Å². The second-order valence-electron chi connectivity index (χ2n) is 4.63. The lowest BCUT2D eigenvalue weighted by Crippen LogP contribution is -2.22. The molecule has 21 heavy (non-hydrogen) atoms. The second-order valence-corrected chi connectivity index (χ2v) is 5.98. The molecular formula is C15H15BrClN3O. The highest BCUT2D eigenvalue weighted by Gasteiger charge is 2.12. The van der Waals surface area contributed by atoms with Gasteiger partial charge in [-0.15, -0.1) is 0 Å². The number of amidine groups is 1. The van der Waals surface area contributed by atoms with Crippen molar-refractivity contribution in [3.8, 4) is 0 Å². The molecule has 0 saturated carbocycles. The normalized spacial score (nSPS) is 11.5. The minimum Gasteiger partial charge on any atom is -0.409 e. The average molecular weight is 369 g/mol. The molecule has 110 valence electrons. The fourth-order valence-corrected chi connectivity index (χ4v) is 2.65. The molecule has 0 heterocycles. The SMILES string of the molecule is CN(Cc1cccc(Cl)c1)c1cc(Br)ccc1/C(N)=N/O. The highest BCUT2D eigenvalue weighted by molar-refractivity contribution is 9.10. The van der Waals surface area contributed by atoms with E-state index in [1.807, 2.05) is 54.4 Å². The maximum atomic E-state index is 8.91. The standard InChI is InChI=1S/C15H15BrClN3O/c1-20(9-10-3-2-4-12(17)7-10)14-8-11(16)5-6-13(14)15(18)19-21/h2-8,21H,9H2,1H3,(H2,18,19). The molecule has 0 aromatic heterocycles. The molecule has 2 aromatic carbocycles. The van der Waals surface area contributed by atoms with Gasteiger partial charge in [0.05, 0.1) is 0 Å². The predicted molar refractivity (Wildman–Crippen MR) is 90.2 cm³/mol. The Labute approximate surface area is 136 Å². The highest BCUT2D eigenvalue weighted by atomic mass is 79.9. The Morgan fingerprint density at radius 1 is 1.33 bits per heavy atom. The van der Waals surface area contributed by atoms with Crippen LogP contribution in [0.4, 0.5) is 5.69 Å². The molecule has 3 N–H and O–H groups in total. The summed E-state index contributed by atoms with van der Waals surface area (Å²) in [6.45, 7) is 0.655. The van der Waals surface area contributed by atoms with E-state index in [0.717, 1.165) is 15.7 Å². The molecule has 2 rings (SSSR count). The molecule has 0 amide bonds. The van der Waals surface area contributed by atoms with Gasteiger partial charge in [-0.25, -0.2) is 0 Å². The maximum Gasteiger partial charge on any atom is 0.172 e. The first-order valence-corrected chi connectivity index (χ1v) is 7.41. The third kappa shape index (κ3) is 3.89. The minimum atomic E-state index is 0.0791. The van der Waals surface area contributed by atoms with Crippen molar-refractivity contribution in [2.24, 2.45) is 10.9 Å². The lowest BCUT2D eigenvalue weighted by molar-refractivity contribution is 0.318. The number of rotatable bonds is 4. The molecule has 0 spiro atoms. The van der Waals surface area contributed by atoms with Gasteiger partial charge in [-0.3, -0.25) is 0 Å². The van der Waals surface area contributed by atoms with Crippen molar-refractivity contribution < 1.29 is 5.21 Å². The average Bonchev–Trinajstić information content (AvgIpc) is 2.46. The topological polar surface area (TPSA) is 61.8 Å². The van der Waals surface area contributed by atoms with Crippen LogP contribution in [0.15, 0.2) is 52.1 Å². The molecule has 0 radical (unpaired) electrons. The summed E-state index contributed by atoms with van der Waals surface area (Å²) in [4.78, 5) is 2.02. The Balaban J connectivity index is 2.34. The molecule has 0 saturated heterocycles. The Kier molecular flexibility index (Phi) is 5.09. The lowest BCUT2D eigenvalue weighted by atomic mass is 10.1. The van der Waals surface area contributed by atoms with Crippen LogP contribution in [-0.2, 0) is 6.54 Å². The summed E-state index contributed by atoms with van der Waals surface area (Å²) in [6.07, 6.45) is 0. The van der Waals surface area contributed by atoms with Crippen LogP contribution < -0.4 is 10.6 Å². The molecule has 4 nitrogen and oxygen atoms in total. The van der Waals surface area contributed by atoms with E-state index in [1.54, 1.807) is 0 Å². The Bertz CT molecular complexity index is 676. The molecule has 0 fully saturated rings. The number of hydrogen-bond acceptors (Lipinski definition) is 3. The molecular weight excluding hydrogens is 354 g/mol. The summed E-state index contributed by atoms with van der Waals surface area (Å²) in [5, 5.41) is 12.7. The summed E-state index contributed by atoms with van der Waals surface area (Å²) in [5.41, 5.74) is 8.35. The molecule has 0 aliphatic carbocycles. The van der Waals surface area contributed by atoms with E-state index in [1.165, 1.54) is 0 Å². The van der Waals surface area contributed by atoms with Gasteiger partial charge in [0.2, 0.25) is 0 Å². The summed E-state index contributed by atoms with van der Waals surface area (Å²) in [5.74, 6) is 0.0791. The van der Waals surface area contributed by atoms with Gasteiger partial charge in [0.1, 0.15) is 0 Å². The number of hydrogen-bond donors (Lipinski definition) is 2. The number of oxime groups is 1. The monoisotopic (exact) mass is 367 g/mol. The zero-order chi connectivity index (χ0) is 15.4. The Morgan fingerprint density at radius 3 is 2.76 bits per heavy atom. The van der Waals surface area contributed by atoms with E-state index in [4.69, 9.17) is 22.5 Å². The largest absolute Gasteiger partial charge is 0.409 e. The van der Waals surface area contributed by atoms with Gasteiger partial charge in [-0.2, -0.15) is 0 Å². The van der Waals surface area contributed by atoms with E-state index in [-0.39, 0.29) is 5.84 Å². The van der Waals surface area contributed by atoms with Crippen LogP contribution in [0.3, 0.4) is 0 Å². The number of halogens is 2. The Morgan fingerprint density at radius 2 is 2.10 bits per heavy atom. The first kappa shape index (κ1) is 15.7. The number of nitrogens with zero attached hydrogens (tertiary/aromatic N) is 2. The summed E-state index contributed by atoms with van der Waals surface area (Å²) >= 11 is 9.45. The van der Waals surface area contributed by atoms with Crippen LogP contribution in [0.5, 0.6) is 0 Å².